The van der Waals surface area contributed by atoms with Crippen LogP contribution >= 0.6 is 0 Å². The Morgan fingerprint density at radius 3 is 2.62 bits per heavy atom. The summed E-state index contributed by atoms with van der Waals surface area (Å²) in [6, 6.07) is 6.63. The highest BCUT2D eigenvalue weighted by Crippen LogP contribution is 2.46. The first kappa shape index (κ1) is 45.5. The predicted molar refractivity (Wildman–Crippen MR) is 225 cm³/mol. The molecule has 4 rings (SSSR count). The van der Waals surface area contributed by atoms with Crippen LogP contribution in [0, 0.1) is 11.8 Å². The van der Waals surface area contributed by atoms with Crippen molar-refractivity contribution in [3.8, 4) is 0 Å². The molecule has 0 aliphatic carbocycles. The molecule has 3 aliphatic heterocycles. The molecule has 0 bridgehead atoms. The normalized spacial score (nSPS) is 30.6. The number of hydrogen-bond acceptors (Lipinski definition) is 9. The molecule has 3 aliphatic rings. The minimum atomic E-state index is -2.40. The molecule has 4 heterocycles. The van der Waals surface area contributed by atoms with Crippen LogP contribution in [0.1, 0.15) is 118 Å². The maximum absolute atomic E-state index is 14.0. The highest BCUT2D eigenvalue weighted by atomic mass is 28.4. The average Bonchev–Trinajstić information content (AvgIpc) is 3.15. The van der Waals surface area contributed by atoms with Gasteiger partial charge >= 0.3 is 5.97 Å². The number of likely N-dealkylation sites (tertiary alicyclic amines) is 1. The van der Waals surface area contributed by atoms with Crippen LogP contribution in [0.3, 0.4) is 0 Å². The van der Waals surface area contributed by atoms with Crippen molar-refractivity contribution >= 4 is 14.3 Å². The van der Waals surface area contributed by atoms with Crippen molar-refractivity contribution in [2.75, 3.05) is 32.8 Å². The molecule has 0 amide bonds. The third-order valence-corrected chi connectivity index (χ3v) is 17.2. The van der Waals surface area contributed by atoms with Crippen LogP contribution in [-0.4, -0.2) is 98.3 Å². The van der Waals surface area contributed by atoms with Crippen LogP contribution in [0.5, 0.6) is 0 Å². The van der Waals surface area contributed by atoms with E-state index in [1.54, 1.807) is 6.08 Å². The van der Waals surface area contributed by atoms with Crippen LogP contribution in [-0.2, 0) is 23.4 Å². The molecule has 310 valence electrons. The number of carbonyl (C=O) groups is 1. The van der Waals surface area contributed by atoms with E-state index in [0.717, 1.165) is 37.3 Å². The Morgan fingerprint density at radius 1 is 1.18 bits per heavy atom. The van der Waals surface area contributed by atoms with Crippen molar-refractivity contribution in [2.45, 2.75) is 167 Å². The van der Waals surface area contributed by atoms with E-state index in [-0.39, 0.29) is 35.4 Å². The van der Waals surface area contributed by atoms with Gasteiger partial charge in [-0.1, -0.05) is 64.1 Å². The van der Waals surface area contributed by atoms with Crippen LogP contribution in [0.25, 0.3) is 0 Å². The summed E-state index contributed by atoms with van der Waals surface area (Å²) in [5, 5.41) is 15.2. The fraction of sp³-hybridized carbons (Fsp3) is 0.733. The molecule has 0 aromatic carbocycles. The van der Waals surface area contributed by atoms with E-state index in [2.05, 4.69) is 55.1 Å². The second-order valence-electron chi connectivity index (χ2n) is 18.0. The van der Waals surface area contributed by atoms with Crippen LogP contribution < -0.4 is 5.32 Å². The summed E-state index contributed by atoms with van der Waals surface area (Å²) in [4.78, 5) is 21.2. The molecule has 1 aromatic rings. The molecule has 8 atom stereocenters. The first-order valence-corrected chi connectivity index (χ1v) is 24.2. The standard InChI is InChI=1S/C45H75N3O6Si/c1-11-51-36(5)53-45(8)25-22-39(54-55(9,10)44(6,7)31-37-18-15-29-48(32-37)38-23-27-46-28-24-38)30-42(50)52-43(35(4)20-21-41(45)49)34(3)17-14-16-33(2)40-19-12-13-26-47-40/h12-14,16-17,19-21,26,33,35-39,41,43,46,49H,11,15,18,22-25,27-32H2,1-10H3/b16-14+,21-20+,34-17+/t33-,35+,36?,37?,39-,41+,43-,45-/m1/s1. The number of esters is 1. The third-order valence-electron chi connectivity index (χ3n) is 12.8. The number of aliphatic hydroxyl groups is 1. The molecule has 0 spiro atoms. The van der Waals surface area contributed by atoms with E-state index in [4.69, 9.17) is 18.6 Å². The quantitative estimate of drug-likeness (QED) is 0.0631. The molecule has 2 saturated heterocycles. The highest BCUT2D eigenvalue weighted by molar-refractivity contribution is 6.74. The molecule has 10 heteroatoms. The number of hydrogen-bond donors (Lipinski definition) is 2. The summed E-state index contributed by atoms with van der Waals surface area (Å²) in [6.45, 7) is 26.4. The lowest BCUT2D eigenvalue weighted by atomic mass is 9.87. The van der Waals surface area contributed by atoms with Gasteiger partial charge in [0.05, 0.1) is 18.1 Å². The fourth-order valence-corrected chi connectivity index (χ4v) is 10.8. The number of cyclic esters (lactones) is 1. The number of carbonyl (C=O) groups excluding carboxylic acids is 1. The van der Waals surface area contributed by atoms with Crippen LogP contribution in [0.4, 0.5) is 0 Å². The Hall–Kier alpha value is -2.18. The predicted octanol–water partition coefficient (Wildman–Crippen LogP) is 8.72. The van der Waals surface area contributed by atoms with Gasteiger partial charge in [-0.05, 0) is 134 Å². The Balaban J connectivity index is 1.56. The van der Waals surface area contributed by atoms with Gasteiger partial charge in [0.1, 0.15) is 12.2 Å². The molecule has 2 unspecified atom stereocenters. The van der Waals surface area contributed by atoms with Gasteiger partial charge in [-0.25, -0.2) is 0 Å². The van der Waals surface area contributed by atoms with E-state index in [1.807, 2.05) is 77.2 Å². The Kier molecular flexibility index (Phi) is 17.4. The lowest BCUT2D eigenvalue weighted by molar-refractivity contribution is -0.221. The Bertz CT molecular complexity index is 1410. The number of ether oxygens (including phenoxy) is 3. The van der Waals surface area contributed by atoms with Gasteiger partial charge in [0.25, 0.3) is 0 Å². The zero-order chi connectivity index (χ0) is 40.2. The van der Waals surface area contributed by atoms with Crippen molar-refractivity contribution in [2.24, 2.45) is 11.8 Å². The summed E-state index contributed by atoms with van der Waals surface area (Å²) < 4.78 is 25.8. The third kappa shape index (κ3) is 13.4. The lowest BCUT2D eigenvalue weighted by Crippen LogP contribution is -2.50. The molecular formula is C45H75N3O6Si. The zero-order valence-corrected chi connectivity index (χ0v) is 36.9. The van der Waals surface area contributed by atoms with Gasteiger partial charge in [-0.2, -0.15) is 0 Å². The number of allylic oxidation sites excluding steroid dienone is 3. The average molecular weight is 782 g/mol. The molecule has 0 saturated carbocycles. The summed E-state index contributed by atoms with van der Waals surface area (Å²) in [7, 11) is -2.40. The lowest BCUT2D eigenvalue weighted by Gasteiger charge is -2.46. The van der Waals surface area contributed by atoms with Crippen LogP contribution in [0.2, 0.25) is 18.1 Å². The van der Waals surface area contributed by atoms with Gasteiger partial charge < -0.3 is 34.0 Å². The summed E-state index contributed by atoms with van der Waals surface area (Å²) in [5.74, 6) is 0.294. The van der Waals surface area contributed by atoms with Gasteiger partial charge in [-0.3, -0.25) is 9.78 Å². The topological polar surface area (TPSA) is 102 Å². The van der Waals surface area contributed by atoms with E-state index in [0.29, 0.717) is 31.4 Å². The number of piperidine rings is 2. The van der Waals surface area contributed by atoms with E-state index in [1.165, 1.54) is 32.2 Å². The number of aliphatic hydroxyl groups excluding tert-OH is 1. The SMILES string of the molecule is CCOC(C)O[C@]1(C)CC[C@@H](O[Si](C)(C)C(C)(C)CC2CCCN(C3CCNCC3)C2)CC(=O)O[C@H](/C(C)=C/C=C/[C@@H](C)c2ccccn2)[C@@H](C)/C=C/[C@@H]1O. The molecule has 1 aromatic heterocycles. The minimum absolute atomic E-state index is 0.0248. The van der Waals surface area contributed by atoms with Gasteiger partial charge in [0.2, 0.25) is 0 Å². The minimum Gasteiger partial charge on any atom is -0.457 e. The largest absolute Gasteiger partial charge is 0.457 e. The van der Waals surface area contributed by atoms with Gasteiger partial charge in [0, 0.05) is 42.9 Å². The summed E-state index contributed by atoms with van der Waals surface area (Å²) in [5.41, 5.74) is 0.960. The number of aromatic nitrogens is 1. The number of nitrogens with one attached hydrogen (secondary N) is 1. The first-order chi connectivity index (χ1) is 26.0. The monoisotopic (exact) mass is 782 g/mol. The highest BCUT2D eigenvalue weighted by Gasteiger charge is 2.46. The summed E-state index contributed by atoms with van der Waals surface area (Å²) >= 11 is 0. The fourth-order valence-electron chi connectivity index (χ4n) is 8.67. The molecule has 2 fully saturated rings. The number of rotatable bonds is 14. The van der Waals surface area contributed by atoms with Crippen molar-refractivity contribution < 1.29 is 28.5 Å². The number of nitrogens with zero attached hydrogens (tertiary/aromatic N) is 2. The van der Waals surface area contributed by atoms with Crippen LogP contribution in [0.15, 0.2) is 60.3 Å². The molecule has 9 nitrogen and oxygen atoms in total. The molecule has 55 heavy (non-hydrogen) atoms. The van der Waals surface area contributed by atoms with Crippen molar-refractivity contribution in [1.29, 1.82) is 0 Å². The maximum atomic E-state index is 14.0. The Morgan fingerprint density at radius 2 is 1.93 bits per heavy atom. The Labute approximate surface area is 334 Å². The zero-order valence-electron chi connectivity index (χ0n) is 35.9. The van der Waals surface area contributed by atoms with Gasteiger partial charge in [0.15, 0.2) is 14.6 Å². The van der Waals surface area contributed by atoms with E-state index >= 15 is 0 Å². The smallest absolute Gasteiger partial charge is 0.308 e. The van der Waals surface area contributed by atoms with Crippen molar-refractivity contribution in [3.05, 3.63) is 66.0 Å². The van der Waals surface area contributed by atoms with E-state index in [9.17, 15) is 9.90 Å². The molecular weight excluding hydrogens is 707 g/mol. The van der Waals surface area contributed by atoms with Crippen molar-refractivity contribution in [3.63, 3.8) is 0 Å². The number of pyridine rings is 1. The summed E-state index contributed by atoms with van der Waals surface area (Å²) in [6.07, 6.45) is 16.6. The maximum Gasteiger partial charge on any atom is 0.308 e. The van der Waals surface area contributed by atoms with E-state index < -0.39 is 32.4 Å². The van der Waals surface area contributed by atoms with Crippen molar-refractivity contribution in [1.82, 2.24) is 15.2 Å². The second-order valence-corrected chi connectivity index (χ2v) is 22.6. The molecule has 0 radical (unpaired) electrons. The molecule has 2 N–H and O–H groups in total. The first-order valence-electron chi connectivity index (χ1n) is 21.3. The second kappa shape index (κ2) is 21.0. The van der Waals surface area contributed by atoms with Gasteiger partial charge in [-0.15, -0.1) is 0 Å².